The minimum Gasteiger partial charge on any atom is -0.329 e. The summed E-state index contributed by atoms with van der Waals surface area (Å²) < 4.78 is 0. The first-order valence-corrected chi connectivity index (χ1v) is 8.72. The smallest absolute Gasteiger partial charge is 0.329 e. The fraction of sp³-hybridized carbons (Fsp3) is 0.526. The van der Waals surface area contributed by atoms with Crippen molar-refractivity contribution in [2.75, 3.05) is 0 Å². The molecule has 1 atom stereocenters. The first-order valence-electron chi connectivity index (χ1n) is 8.72. The second-order valence-electron chi connectivity index (χ2n) is 6.90. The van der Waals surface area contributed by atoms with E-state index >= 15 is 0 Å². The number of benzene rings is 1. The van der Waals surface area contributed by atoms with E-state index in [-0.39, 0.29) is 23.0 Å². The number of amides is 2. The van der Waals surface area contributed by atoms with Crippen molar-refractivity contribution in [2.24, 2.45) is 17.8 Å². The van der Waals surface area contributed by atoms with Crippen molar-refractivity contribution in [2.45, 2.75) is 46.0 Å². The summed E-state index contributed by atoms with van der Waals surface area (Å²) in [4.78, 5) is 42.4. The van der Waals surface area contributed by atoms with Crippen LogP contribution in [0.1, 0.15) is 66.7 Å². The molecule has 128 valence electrons. The van der Waals surface area contributed by atoms with Crippen molar-refractivity contribution in [3.8, 4) is 0 Å². The van der Waals surface area contributed by atoms with Crippen LogP contribution in [-0.2, 0) is 9.63 Å². The summed E-state index contributed by atoms with van der Waals surface area (Å²) in [6.45, 7) is 4.18. The van der Waals surface area contributed by atoms with Gasteiger partial charge in [0.05, 0.1) is 17.0 Å². The largest absolute Gasteiger partial charge is 0.336 e. The molecule has 5 nitrogen and oxygen atoms in total. The molecular formula is C19H23NO4. The minimum atomic E-state index is -0.559. The van der Waals surface area contributed by atoms with Crippen LogP contribution in [-0.4, -0.2) is 22.8 Å². The van der Waals surface area contributed by atoms with Gasteiger partial charge in [0.2, 0.25) is 0 Å². The molecule has 0 radical (unpaired) electrons. The van der Waals surface area contributed by atoms with Gasteiger partial charge in [0.1, 0.15) is 0 Å². The van der Waals surface area contributed by atoms with Crippen molar-refractivity contribution in [3.63, 3.8) is 0 Å². The lowest BCUT2D eigenvalue weighted by Gasteiger charge is -2.31. The third-order valence-electron chi connectivity index (χ3n) is 5.31. The Morgan fingerprint density at radius 1 is 1.12 bits per heavy atom. The van der Waals surface area contributed by atoms with Crippen molar-refractivity contribution in [1.29, 1.82) is 0 Å². The maximum atomic E-state index is 12.6. The molecule has 1 aromatic rings. The Labute approximate surface area is 141 Å². The lowest BCUT2D eigenvalue weighted by Crippen LogP contribution is -2.37. The van der Waals surface area contributed by atoms with Gasteiger partial charge in [-0.05, 0) is 43.2 Å². The van der Waals surface area contributed by atoms with Gasteiger partial charge in [-0.15, -0.1) is 0 Å². The number of hydrogen-bond acceptors (Lipinski definition) is 4. The van der Waals surface area contributed by atoms with E-state index in [0.29, 0.717) is 17.4 Å². The summed E-state index contributed by atoms with van der Waals surface area (Å²) in [5, 5.41) is 0.626. The standard InChI is InChI=1S/C19H23NO4/c1-3-14(13-10-8-12(2)9-11-13)19(23)24-20-17(21)15-6-4-5-7-16(15)18(20)22/h4-7,12-14H,3,8-11H2,1-2H3. The number of fused-ring (bicyclic) bond motifs is 1. The maximum Gasteiger partial charge on any atom is 0.336 e. The summed E-state index contributed by atoms with van der Waals surface area (Å²) in [6.07, 6.45) is 4.87. The zero-order valence-electron chi connectivity index (χ0n) is 14.2. The van der Waals surface area contributed by atoms with Gasteiger partial charge in [0.25, 0.3) is 11.8 Å². The number of carbonyl (C=O) groups is 3. The van der Waals surface area contributed by atoms with Gasteiger partial charge in [-0.25, -0.2) is 4.79 Å². The minimum absolute atomic E-state index is 0.262. The Hall–Kier alpha value is -2.17. The first-order chi connectivity index (χ1) is 11.5. The van der Waals surface area contributed by atoms with Gasteiger partial charge in [-0.2, -0.15) is 0 Å². The van der Waals surface area contributed by atoms with Crippen LogP contribution in [0.4, 0.5) is 0 Å². The molecular weight excluding hydrogens is 306 g/mol. The van der Waals surface area contributed by atoms with Crippen molar-refractivity contribution >= 4 is 17.8 Å². The molecule has 3 rings (SSSR count). The molecule has 1 unspecified atom stereocenters. The predicted octanol–water partition coefficient (Wildman–Crippen LogP) is 3.59. The third kappa shape index (κ3) is 2.95. The van der Waals surface area contributed by atoms with Crippen LogP contribution in [0, 0.1) is 17.8 Å². The Balaban J connectivity index is 1.70. The zero-order valence-corrected chi connectivity index (χ0v) is 14.2. The molecule has 0 N–H and O–H groups in total. The molecule has 1 aliphatic heterocycles. The molecule has 0 bridgehead atoms. The van der Waals surface area contributed by atoms with E-state index in [1.165, 1.54) is 0 Å². The first kappa shape index (κ1) is 16.7. The van der Waals surface area contributed by atoms with Gasteiger partial charge < -0.3 is 4.84 Å². The monoisotopic (exact) mass is 329 g/mol. The lowest BCUT2D eigenvalue weighted by atomic mass is 9.75. The average molecular weight is 329 g/mol. The number of imide groups is 1. The summed E-state index contributed by atoms with van der Waals surface area (Å²) in [5.41, 5.74) is 0.574. The highest BCUT2D eigenvalue weighted by Gasteiger charge is 2.40. The van der Waals surface area contributed by atoms with Crippen LogP contribution < -0.4 is 0 Å². The molecule has 1 aromatic carbocycles. The molecule has 1 fully saturated rings. The quantitative estimate of drug-likeness (QED) is 0.792. The fourth-order valence-corrected chi connectivity index (χ4v) is 3.79. The zero-order chi connectivity index (χ0) is 17.3. The molecule has 0 aromatic heterocycles. The second-order valence-corrected chi connectivity index (χ2v) is 6.90. The molecule has 1 heterocycles. The Morgan fingerprint density at radius 3 is 2.17 bits per heavy atom. The van der Waals surface area contributed by atoms with Gasteiger partial charge in [0, 0.05) is 0 Å². The topological polar surface area (TPSA) is 63.7 Å². The molecule has 2 aliphatic rings. The van der Waals surface area contributed by atoms with Crippen molar-refractivity contribution < 1.29 is 19.2 Å². The van der Waals surface area contributed by atoms with E-state index in [1.807, 2.05) is 6.92 Å². The number of rotatable bonds is 4. The fourth-order valence-electron chi connectivity index (χ4n) is 3.79. The van der Waals surface area contributed by atoms with E-state index < -0.39 is 17.8 Å². The Kier molecular flexibility index (Phi) is 4.69. The summed E-state index contributed by atoms with van der Waals surface area (Å²) in [5.74, 6) is -0.875. The normalized spacial score (nSPS) is 24.7. The van der Waals surface area contributed by atoms with E-state index in [0.717, 1.165) is 25.7 Å². The van der Waals surface area contributed by atoms with Crippen LogP contribution in [0.3, 0.4) is 0 Å². The van der Waals surface area contributed by atoms with Crippen LogP contribution in [0.15, 0.2) is 24.3 Å². The highest BCUT2D eigenvalue weighted by molar-refractivity contribution is 6.20. The molecule has 24 heavy (non-hydrogen) atoms. The molecule has 1 aliphatic carbocycles. The SMILES string of the molecule is CCC(C(=O)ON1C(=O)c2ccccc2C1=O)C1CCC(C)CC1. The van der Waals surface area contributed by atoms with E-state index in [1.54, 1.807) is 24.3 Å². The summed E-state index contributed by atoms with van der Waals surface area (Å²) in [7, 11) is 0. The lowest BCUT2D eigenvalue weighted by molar-refractivity contribution is -0.176. The summed E-state index contributed by atoms with van der Waals surface area (Å²) in [6, 6.07) is 6.52. The van der Waals surface area contributed by atoms with Gasteiger partial charge in [-0.1, -0.05) is 43.9 Å². The Bertz CT molecular complexity index is 626. The van der Waals surface area contributed by atoms with E-state index in [9.17, 15) is 14.4 Å². The van der Waals surface area contributed by atoms with Crippen LogP contribution in [0.5, 0.6) is 0 Å². The maximum absolute atomic E-state index is 12.6. The van der Waals surface area contributed by atoms with Gasteiger partial charge in [0.15, 0.2) is 0 Å². The average Bonchev–Trinajstić information content (AvgIpc) is 2.83. The molecule has 5 heteroatoms. The van der Waals surface area contributed by atoms with Crippen LogP contribution in [0.2, 0.25) is 0 Å². The van der Waals surface area contributed by atoms with Crippen molar-refractivity contribution in [3.05, 3.63) is 35.4 Å². The highest BCUT2D eigenvalue weighted by Crippen LogP contribution is 2.35. The molecule has 1 saturated carbocycles. The number of carbonyl (C=O) groups excluding carboxylic acids is 3. The van der Waals surface area contributed by atoms with Crippen molar-refractivity contribution in [1.82, 2.24) is 5.06 Å². The van der Waals surface area contributed by atoms with Gasteiger partial charge >= 0.3 is 5.97 Å². The predicted molar refractivity (Wildman–Crippen MR) is 87.9 cm³/mol. The van der Waals surface area contributed by atoms with E-state index in [4.69, 9.17) is 4.84 Å². The molecule has 0 spiro atoms. The second kappa shape index (κ2) is 6.75. The molecule has 2 amide bonds. The number of hydroxylamine groups is 2. The van der Waals surface area contributed by atoms with Crippen LogP contribution >= 0.6 is 0 Å². The number of nitrogens with zero attached hydrogens (tertiary/aromatic N) is 1. The third-order valence-corrected chi connectivity index (χ3v) is 5.31. The molecule has 0 saturated heterocycles. The van der Waals surface area contributed by atoms with E-state index in [2.05, 4.69) is 6.92 Å². The summed E-state index contributed by atoms with van der Waals surface area (Å²) >= 11 is 0. The highest BCUT2D eigenvalue weighted by atomic mass is 16.7. The van der Waals surface area contributed by atoms with Crippen LogP contribution in [0.25, 0.3) is 0 Å². The number of hydrogen-bond donors (Lipinski definition) is 0. The Morgan fingerprint density at radius 2 is 1.67 bits per heavy atom. The van der Waals surface area contributed by atoms with Gasteiger partial charge in [-0.3, -0.25) is 9.59 Å².